The van der Waals surface area contributed by atoms with Gasteiger partial charge in [-0.05, 0) is 71.3 Å². The lowest BCUT2D eigenvalue weighted by Gasteiger charge is -2.47. The molecule has 0 bridgehead atoms. The zero-order chi connectivity index (χ0) is 28.8. The van der Waals surface area contributed by atoms with Crippen LogP contribution in [0.15, 0.2) is 30.3 Å². The lowest BCUT2D eigenvalue weighted by Crippen LogP contribution is -2.60. The number of benzene rings is 1. The Morgan fingerprint density at radius 1 is 1.03 bits per heavy atom. The normalized spacial score (nSPS) is 23.7. The minimum absolute atomic E-state index is 0.0169. The maximum atomic E-state index is 13.4. The van der Waals surface area contributed by atoms with Gasteiger partial charge in [0.05, 0.1) is 24.7 Å². The van der Waals surface area contributed by atoms with Gasteiger partial charge in [-0.15, -0.1) is 0 Å². The lowest BCUT2D eigenvalue weighted by atomic mass is 9.72. The van der Waals surface area contributed by atoms with E-state index in [1.807, 2.05) is 51.1 Å². The molecule has 5 N–H and O–H groups in total. The SMILES string of the molecule is CC(C)(C)NC(=O)C1CC2CCCCC2CN1CC(O)C(Cc1ccccc1)NC(=O)CNC(=O)C(C)(C)O. The summed E-state index contributed by atoms with van der Waals surface area (Å²) < 4.78 is 0. The second-order valence-corrected chi connectivity index (χ2v) is 12.9. The van der Waals surface area contributed by atoms with E-state index < -0.39 is 29.6 Å². The van der Waals surface area contributed by atoms with E-state index in [0.717, 1.165) is 31.4 Å². The predicted molar refractivity (Wildman–Crippen MR) is 151 cm³/mol. The van der Waals surface area contributed by atoms with Crippen molar-refractivity contribution in [3.05, 3.63) is 35.9 Å². The highest BCUT2D eigenvalue weighted by atomic mass is 16.3. The van der Waals surface area contributed by atoms with Gasteiger partial charge in [-0.2, -0.15) is 0 Å². The molecule has 9 nitrogen and oxygen atoms in total. The summed E-state index contributed by atoms with van der Waals surface area (Å²) in [6, 6.07) is 8.64. The van der Waals surface area contributed by atoms with E-state index in [0.29, 0.717) is 18.3 Å². The fourth-order valence-electron chi connectivity index (χ4n) is 5.78. The number of carbonyl (C=O) groups is 3. The average molecular weight is 545 g/mol. The Hall–Kier alpha value is -2.49. The number of likely N-dealkylation sites (tertiary alicyclic amines) is 1. The molecule has 3 amide bonds. The van der Waals surface area contributed by atoms with Crippen LogP contribution in [0.4, 0.5) is 0 Å². The van der Waals surface area contributed by atoms with Gasteiger partial charge in [0.25, 0.3) is 5.91 Å². The summed E-state index contributed by atoms with van der Waals surface area (Å²) in [4.78, 5) is 40.3. The fourth-order valence-corrected chi connectivity index (χ4v) is 5.78. The molecule has 1 aromatic carbocycles. The number of aliphatic hydroxyl groups is 2. The first kappa shape index (κ1) is 31.0. The molecule has 0 aromatic heterocycles. The van der Waals surface area contributed by atoms with E-state index in [4.69, 9.17) is 0 Å². The average Bonchev–Trinajstić information content (AvgIpc) is 2.85. The van der Waals surface area contributed by atoms with Crippen LogP contribution in [-0.2, 0) is 20.8 Å². The zero-order valence-electron chi connectivity index (χ0n) is 24.2. The van der Waals surface area contributed by atoms with E-state index in [9.17, 15) is 24.6 Å². The van der Waals surface area contributed by atoms with Crippen LogP contribution >= 0.6 is 0 Å². The van der Waals surface area contributed by atoms with Gasteiger partial charge in [0.2, 0.25) is 11.8 Å². The van der Waals surface area contributed by atoms with Crippen LogP contribution in [0.25, 0.3) is 0 Å². The smallest absolute Gasteiger partial charge is 0.251 e. The molecule has 39 heavy (non-hydrogen) atoms. The van der Waals surface area contributed by atoms with Gasteiger partial charge in [0, 0.05) is 18.6 Å². The first-order valence-electron chi connectivity index (χ1n) is 14.3. The van der Waals surface area contributed by atoms with Gasteiger partial charge < -0.3 is 26.2 Å². The first-order valence-corrected chi connectivity index (χ1v) is 14.3. The Morgan fingerprint density at radius 2 is 1.67 bits per heavy atom. The second-order valence-electron chi connectivity index (χ2n) is 12.9. The molecule has 5 unspecified atom stereocenters. The number of fused-ring (bicyclic) bond motifs is 1. The number of aliphatic hydroxyl groups excluding tert-OH is 1. The van der Waals surface area contributed by atoms with Crippen molar-refractivity contribution in [3.8, 4) is 0 Å². The number of amides is 3. The van der Waals surface area contributed by atoms with Gasteiger partial charge in [-0.25, -0.2) is 0 Å². The third-order valence-electron chi connectivity index (χ3n) is 7.80. The van der Waals surface area contributed by atoms with Crippen molar-refractivity contribution in [2.24, 2.45) is 11.8 Å². The molecule has 1 aliphatic heterocycles. The molecule has 1 aromatic rings. The summed E-state index contributed by atoms with van der Waals surface area (Å²) >= 11 is 0. The Balaban J connectivity index is 1.75. The summed E-state index contributed by atoms with van der Waals surface area (Å²) in [5, 5.41) is 29.8. The molecule has 0 radical (unpaired) electrons. The number of nitrogens with one attached hydrogen (secondary N) is 3. The van der Waals surface area contributed by atoms with Gasteiger partial charge in [0.1, 0.15) is 5.60 Å². The summed E-state index contributed by atoms with van der Waals surface area (Å²) in [6.07, 6.45) is 4.90. The van der Waals surface area contributed by atoms with E-state index >= 15 is 0 Å². The van der Waals surface area contributed by atoms with E-state index in [1.54, 1.807) is 0 Å². The quantitative estimate of drug-likeness (QED) is 0.305. The second kappa shape index (κ2) is 13.2. The summed E-state index contributed by atoms with van der Waals surface area (Å²) in [5.74, 6) is -0.107. The maximum absolute atomic E-state index is 13.4. The van der Waals surface area contributed by atoms with Gasteiger partial charge in [0.15, 0.2) is 0 Å². The van der Waals surface area contributed by atoms with Crippen LogP contribution in [0.3, 0.4) is 0 Å². The Morgan fingerprint density at radius 3 is 2.28 bits per heavy atom. The highest BCUT2D eigenvalue weighted by Gasteiger charge is 2.41. The van der Waals surface area contributed by atoms with Crippen molar-refractivity contribution in [2.45, 2.75) is 102 Å². The number of hydrogen-bond acceptors (Lipinski definition) is 6. The topological polar surface area (TPSA) is 131 Å². The Kier molecular flexibility index (Phi) is 10.5. The Labute approximate surface area is 233 Å². The highest BCUT2D eigenvalue weighted by Crippen LogP contribution is 2.39. The largest absolute Gasteiger partial charge is 0.390 e. The zero-order valence-corrected chi connectivity index (χ0v) is 24.2. The summed E-state index contributed by atoms with van der Waals surface area (Å²) in [5.41, 5.74) is -1.00. The molecular formula is C30H48N4O5. The number of hydrogen-bond donors (Lipinski definition) is 5. The van der Waals surface area contributed by atoms with Gasteiger partial charge in [-0.3, -0.25) is 19.3 Å². The molecule has 1 aliphatic carbocycles. The van der Waals surface area contributed by atoms with Crippen molar-refractivity contribution < 1.29 is 24.6 Å². The Bertz CT molecular complexity index is 972. The molecule has 3 rings (SSSR count). The van der Waals surface area contributed by atoms with Crippen molar-refractivity contribution >= 4 is 17.7 Å². The van der Waals surface area contributed by atoms with E-state index in [-0.39, 0.29) is 30.6 Å². The molecule has 1 saturated carbocycles. The maximum Gasteiger partial charge on any atom is 0.251 e. The van der Waals surface area contributed by atoms with E-state index in [1.165, 1.54) is 26.7 Å². The molecule has 9 heteroatoms. The van der Waals surface area contributed by atoms with Crippen LogP contribution in [0.1, 0.15) is 72.3 Å². The first-order chi connectivity index (χ1) is 18.2. The lowest BCUT2D eigenvalue weighted by molar-refractivity contribution is -0.138. The molecule has 2 aliphatic rings. The van der Waals surface area contributed by atoms with Crippen molar-refractivity contribution in [3.63, 3.8) is 0 Å². The van der Waals surface area contributed by atoms with Crippen LogP contribution < -0.4 is 16.0 Å². The highest BCUT2D eigenvalue weighted by molar-refractivity contribution is 5.88. The third kappa shape index (κ3) is 9.58. The molecule has 0 spiro atoms. The minimum Gasteiger partial charge on any atom is -0.390 e. The van der Waals surface area contributed by atoms with Crippen molar-refractivity contribution in [2.75, 3.05) is 19.6 Å². The van der Waals surface area contributed by atoms with Crippen LogP contribution in [0, 0.1) is 11.8 Å². The minimum atomic E-state index is -1.60. The molecule has 218 valence electrons. The molecule has 2 fully saturated rings. The molecule has 5 atom stereocenters. The number of piperidine rings is 1. The van der Waals surface area contributed by atoms with E-state index in [2.05, 4.69) is 20.9 Å². The fraction of sp³-hybridized carbons (Fsp3) is 0.700. The third-order valence-corrected chi connectivity index (χ3v) is 7.80. The molecule has 1 heterocycles. The number of β-amino-alcohol motifs (C(OH)–C–C–N with tert-alkyl or cyclic N) is 1. The van der Waals surface area contributed by atoms with Crippen molar-refractivity contribution in [1.29, 1.82) is 0 Å². The molecule has 1 saturated heterocycles. The van der Waals surface area contributed by atoms with Crippen LogP contribution in [0.5, 0.6) is 0 Å². The summed E-state index contributed by atoms with van der Waals surface area (Å²) in [6.45, 7) is 9.30. The standard InChI is InChI=1S/C30H48N4O5/c1-29(2,3)33-27(37)24-16-21-13-9-10-14-22(21)18-34(24)19-25(35)23(15-20-11-7-6-8-12-20)32-26(36)17-31-28(38)30(4,5)39/h6-8,11-12,21-25,35,39H,9-10,13-19H2,1-5H3,(H,31,38)(H,32,36)(H,33,37). The van der Waals surface area contributed by atoms with Crippen LogP contribution in [0.2, 0.25) is 0 Å². The number of carbonyl (C=O) groups excluding carboxylic acids is 3. The van der Waals surface area contributed by atoms with Gasteiger partial charge in [-0.1, -0.05) is 49.6 Å². The van der Waals surface area contributed by atoms with Crippen molar-refractivity contribution in [1.82, 2.24) is 20.9 Å². The number of rotatable bonds is 10. The number of nitrogens with zero attached hydrogens (tertiary/aromatic N) is 1. The predicted octanol–water partition coefficient (Wildman–Crippen LogP) is 1.76. The monoisotopic (exact) mass is 544 g/mol. The van der Waals surface area contributed by atoms with Crippen LogP contribution in [-0.4, -0.2) is 81.8 Å². The molecular weight excluding hydrogens is 496 g/mol. The van der Waals surface area contributed by atoms with Gasteiger partial charge >= 0.3 is 0 Å². The summed E-state index contributed by atoms with van der Waals surface area (Å²) in [7, 11) is 0.